The van der Waals surface area contributed by atoms with Gasteiger partial charge in [-0.1, -0.05) is 44.5 Å². The Bertz CT molecular complexity index is 644. The van der Waals surface area contributed by atoms with Crippen LogP contribution in [0.15, 0.2) is 24.3 Å². The smallest absolute Gasteiger partial charge is 0.313 e. The lowest BCUT2D eigenvalue weighted by atomic mass is 9.76. The number of methoxy groups -OCH3 is 1. The first-order valence-corrected chi connectivity index (χ1v) is 10.9. The Morgan fingerprint density at radius 3 is 2.50 bits per heavy atom. The van der Waals surface area contributed by atoms with E-state index in [0.29, 0.717) is 12.8 Å². The molecular formula is C22H34O5S. The molecule has 1 aromatic carbocycles. The average molecular weight is 411 g/mol. The first-order chi connectivity index (χ1) is 13.1. The normalized spacial score (nSPS) is 13.8. The summed E-state index contributed by atoms with van der Waals surface area (Å²) in [6.07, 6.45) is 3.10. The summed E-state index contributed by atoms with van der Waals surface area (Å²) in [7, 11) is 1.37. The minimum Gasteiger partial charge on any atom is -0.481 e. The van der Waals surface area contributed by atoms with Gasteiger partial charge in [0.25, 0.3) is 0 Å². The van der Waals surface area contributed by atoms with Crippen molar-refractivity contribution in [2.24, 2.45) is 5.41 Å². The van der Waals surface area contributed by atoms with E-state index in [9.17, 15) is 14.7 Å². The second-order valence-corrected chi connectivity index (χ2v) is 9.31. The third kappa shape index (κ3) is 7.84. The van der Waals surface area contributed by atoms with E-state index < -0.39 is 11.4 Å². The number of aliphatic hydroxyl groups is 1. The van der Waals surface area contributed by atoms with E-state index >= 15 is 0 Å². The molecule has 158 valence electrons. The molecule has 28 heavy (non-hydrogen) atoms. The Morgan fingerprint density at radius 2 is 1.89 bits per heavy atom. The maximum atomic E-state index is 12.1. The van der Waals surface area contributed by atoms with Crippen LogP contribution in [-0.2, 0) is 26.2 Å². The van der Waals surface area contributed by atoms with Gasteiger partial charge in [0.15, 0.2) is 0 Å². The molecule has 5 nitrogen and oxygen atoms in total. The summed E-state index contributed by atoms with van der Waals surface area (Å²) in [6.45, 7) is 6.33. The monoisotopic (exact) mass is 410 g/mol. The second-order valence-electron chi connectivity index (χ2n) is 8.21. The fourth-order valence-corrected chi connectivity index (χ4v) is 4.17. The number of hydrogen-bond acceptors (Lipinski definition) is 5. The minimum atomic E-state index is -0.963. The zero-order chi connectivity index (χ0) is 21.2. The summed E-state index contributed by atoms with van der Waals surface area (Å²) in [5, 5.41) is 18.9. The molecule has 6 heteroatoms. The molecule has 0 heterocycles. The van der Waals surface area contributed by atoms with E-state index in [4.69, 9.17) is 5.11 Å². The first kappa shape index (κ1) is 24.5. The van der Waals surface area contributed by atoms with Crippen LogP contribution in [0.5, 0.6) is 0 Å². The maximum absolute atomic E-state index is 12.1. The SMILES string of the molecule is COC(=O)CCc1cccc(C(C)(CCCC(C)(C)CSCCO)C(=O)O)c1. The summed E-state index contributed by atoms with van der Waals surface area (Å²) in [4.78, 5) is 23.5. The summed E-state index contributed by atoms with van der Waals surface area (Å²) in [6, 6.07) is 7.53. The van der Waals surface area contributed by atoms with Gasteiger partial charge in [0.1, 0.15) is 0 Å². The topological polar surface area (TPSA) is 83.8 Å². The molecule has 0 aliphatic rings. The van der Waals surface area contributed by atoms with Gasteiger partial charge >= 0.3 is 11.9 Å². The zero-order valence-corrected chi connectivity index (χ0v) is 18.3. The summed E-state index contributed by atoms with van der Waals surface area (Å²) < 4.78 is 4.68. The van der Waals surface area contributed by atoms with Gasteiger partial charge in [-0.25, -0.2) is 0 Å². The van der Waals surface area contributed by atoms with Crippen LogP contribution in [0.2, 0.25) is 0 Å². The van der Waals surface area contributed by atoms with Crippen molar-refractivity contribution in [3.8, 4) is 0 Å². The number of carbonyl (C=O) groups excluding carboxylic acids is 1. The molecule has 1 aromatic rings. The number of benzene rings is 1. The molecule has 0 bridgehead atoms. The van der Waals surface area contributed by atoms with Crippen molar-refractivity contribution < 1.29 is 24.5 Å². The molecule has 2 N–H and O–H groups in total. The summed E-state index contributed by atoms with van der Waals surface area (Å²) in [5.74, 6) is 0.576. The van der Waals surface area contributed by atoms with Gasteiger partial charge < -0.3 is 14.9 Å². The van der Waals surface area contributed by atoms with Crippen LogP contribution in [0.1, 0.15) is 57.6 Å². The van der Waals surface area contributed by atoms with Crippen molar-refractivity contribution in [2.75, 3.05) is 25.2 Å². The fourth-order valence-electron chi connectivity index (χ4n) is 3.20. The molecule has 0 aromatic heterocycles. The lowest BCUT2D eigenvalue weighted by molar-refractivity contribution is -0.143. The molecule has 0 fully saturated rings. The quantitative estimate of drug-likeness (QED) is 0.377. The number of rotatable bonds is 13. The van der Waals surface area contributed by atoms with Gasteiger partial charge in [0.2, 0.25) is 0 Å². The minimum absolute atomic E-state index is 0.0988. The number of hydrogen-bond donors (Lipinski definition) is 2. The van der Waals surface area contributed by atoms with E-state index in [2.05, 4.69) is 18.6 Å². The number of carboxylic acids is 1. The molecule has 0 saturated heterocycles. The van der Waals surface area contributed by atoms with Crippen LogP contribution >= 0.6 is 11.8 Å². The lowest BCUT2D eigenvalue weighted by Crippen LogP contribution is -2.33. The lowest BCUT2D eigenvalue weighted by Gasteiger charge is -2.29. The third-order valence-corrected chi connectivity index (χ3v) is 6.60. The van der Waals surface area contributed by atoms with Crippen LogP contribution < -0.4 is 0 Å². The van der Waals surface area contributed by atoms with Crippen molar-refractivity contribution in [3.63, 3.8) is 0 Å². The number of esters is 1. The van der Waals surface area contributed by atoms with Gasteiger partial charge in [-0.15, -0.1) is 0 Å². The van der Waals surface area contributed by atoms with Crippen molar-refractivity contribution in [1.29, 1.82) is 0 Å². The predicted octanol–water partition coefficient (Wildman–Crippen LogP) is 4.06. The number of ether oxygens (including phenoxy) is 1. The number of carboxylic acid groups (broad SMARTS) is 1. The fraction of sp³-hybridized carbons (Fsp3) is 0.636. The van der Waals surface area contributed by atoms with Crippen molar-refractivity contribution in [2.45, 2.75) is 58.3 Å². The molecule has 1 unspecified atom stereocenters. The Hall–Kier alpha value is -1.53. The molecule has 0 spiro atoms. The number of aliphatic hydroxyl groups excluding tert-OH is 1. The summed E-state index contributed by atoms with van der Waals surface area (Å²) in [5.41, 5.74) is 0.850. The first-order valence-electron chi connectivity index (χ1n) is 9.73. The maximum Gasteiger partial charge on any atom is 0.313 e. The van der Waals surface area contributed by atoms with Gasteiger partial charge in [0, 0.05) is 12.2 Å². The van der Waals surface area contributed by atoms with Crippen LogP contribution in [-0.4, -0.2) is 47.4 Å². The van der Waals surface area contributed by atoms with Gasteiger partial charge in [0.05, 0.1) is 19.1 Å². The largest absolute Gasteiger partial charge is 0.481 e. The van der Waals surface area contributed by atoms with E-state index in [1.54, 1.807) is 18.7 Å². The van der Waals surface area contributed by atoms with Crippen molar-refractivity contribution >= 4 is 23.7 Å². The number of thioether (sulfide) groups is 1. The Morgan fingerprint density at radius 1 is 1.18 bits per heavy atom. The Balaban J connectivity index is 2.79. The molecule has 0 saturated carbocycles. The van der Waals surface area contributed by atoms with Crippen LogP contribution in [0, 0.1) is 5.41 Å². The van der Waals surface area contributed by atoms with E-state index in [0.717, 1.165) is 35.5 Å². The second kappa shape index (κ2) is 11.5. The number of carbonyl (C=O) groups is 2. The predicted molar refractivity (Wildman–Crippen MR) is 114 cm³/mol. The molecule has 0 aliphatic carbocycles. The van der Waals surface area contributed by atoms with Gasteiger partial charge in [-0.05, 0) is 48.5 Å². The molecule has 0 radical (unpaired) electrons. The highest BCUT2D eigenvalue weighted by atomic mass is 32.2. The van der Waals surface area contributed by atoms with E-state index in [-0.39, 0.29) is 24.4 Å². The van der Waals surface area contributed by atoms with Crippen molar-refractivity contribution in [3.05, 3.63) is 35.4 Å². The van der Waals surface area contributed by atoms with Crippen LogP contribution in [0.3, 0.4) is 0 Å². The molecule has 0 aliphatic heterocycles. The molecule has 0 amide bonds. The van der Waals surface area contributed by atoms with E-state index in [1.807, 2.05) is 24.3 Å². The third-order valence-electron chi connectivity index (χ3n) is 5.14. The number of aliphatic carboxylic acids is 1. The Labute approximate surface area is 172 Å². The highest BCUT2D eigenvalue weighted by Crippen LogP contribution is 2.35. The van der Waals surface area contributed by atoms with Crippen LogP contribution in [0.4, 0.5) is 0 Å². The average Bonchev–Trinajstić information content (AvgIpc) is 2.65. The summed E-state index contributed by atoms with van der Waals surface area (Å²) >= 11 is 1.73. The molecule has 1 atom stereocenters. The van der Waals surface area contributed by atoms with Gasteiger partial charge in [-0.2, -0.15) is 11.8 Å². The Kier molecular flexibility index (Phi) is 10.0. The standard InChI is InChI=1S/C22H34O5S/c1-21(2,16-28-14-13-23)11-6-12-22(3,20(25)26)18-8-5-7-17(15-18)9-10-19(24)27-4/h5,7-8,15,23H,6,9-14,16H2,1-4H3,(H,25,26). The number of aryl methyl sites for hydroxylation is 1. The molecule has 1 rings (SSSR count). The zero-order valence-electron chi connectivity index (χ0n) is 17.5. The van der Waals surface area contributed by atoms with E-state index in [1.165, 1.54) is 7.11 Å². The highest BCUT2D eigenvalue weighted by Gasteiger charge is 2.35. The van der Waals surface area contributed by atoms with Gasteiger partial charge in [-0.3, -0.25) is 9.59 Å². The van der Waals surface area contributed by atoms with Crippen molar-refractivity contribution in [1.82, 2.24) is 0 Å². The molecular weight excluding hydrogens is 376 g/mol. The van der Waals surface area contributed by atoms with Crippen LogP contribution in [0.25, 0.3) is 0 Å². The highest BCUT2D eigenvalue weighted by molar-refractivity contribution is 7.99.